The van der Waals surface area contributed by atoms with Gasteiger partial charge in [0.2, 0.25) is 8.65 Å². The summed E-state index contributed by atoms with van der Waals surface area (Å²) in [7, 11) is -0.960. The molecule has 2 saturated carbocycles. The van der Waals surface area contributed by atoms with Gasteiger partial charge in [-0.25, -0.2) is 0 Å². The third-order valence-corrected chi connectivity index (χ3v) is 8.01. The molecule has 2 aliphatic rings. The number of fused-ring (bicyclic) bond motifs is 2. The number of nitrogens with zero attached hydrogens (tertiary/aromatic N) is 1. The molecular weight excluding hydrogens is 359 g/mol. The van der Waals surface area contributed by atoms with E-state index >= 15 is 0 Å². The number of hydrogen-bond acceptors (Lipinski definition) is 3. The topological polar surface area (TPSA) is 34.1 Å². The molecule has 0 radical (unpaired) electrons. The highest BCUT2D eigenvalue weighted by atomic mass is 35.5. The highest BCUT2D eigenvalue weighted by molar-refractivity contribution is 6.59. The third-order valence-electron chi connectivity index (χ3n) is 5.48. The van der Waals surface area contributed by atoms with E-state index in [0.29, 0.717) is 16.1 Å². The second kappa shape index (κ2) is 8.30. The molecule has 24 heavy (non-hydrogen) atoms. The second-order valence-electron chi connectivity index (χ2n) is 6.92. The zero-order valence-corrected chi connectivity index (χ0v) is 16.9. The molecule has 0 saturated heterocycles. The normalized spacial score (nSPS) is 27.5. The minimum Gasteiger partial charge on any atom is -0.543 e. The minimum absolute atomic E-state index is 0.114. The summed E-state index contributed by atoms with van der Waals surface area (Å²) in [6, 6.07) is 1.66. The summed E-state index contributed by atoms with van der Waals surface area (Å²) in [6.07, 6.45) is 8.69. The van der Waals surface area contributed by atoms with E-state index in [4.69, 9.17) is 27.6 Å². The molecule has 6 heteroatoms. The number of nitrogens with one attached hydrogen (secondary N) is 1. The van der Waals surface area contributed by atoms with Gasteiger partial charge in [-0.15, -0.1) is 0 Å². The Labute approximate surface area is 156 Å². The minimum atomic E-state index is -0.960. The SMILES string of the molecule is C/C=[Si](/CC)OC(CNC1CC2CCC1C2)c1c(Cl)cncc1Cl. The first-order chi connectivity index (χ1) is 11.6. The highest BCUT2D eigenvalue weighted by Gasteiger charge is 2.39. The van der Waals surface area contributed by atoms with E-state index in [0.717, 1.165) is 30.0 Å². The molecule has 2 bridgehead atoms. The Kier molecular flexibility index (Phi) is 6.36. The Balaban J connectivity index is 1.74. The fraction of sp³-hybridized carbons (Fsp3) is 0.667. The molecule has 1 heterocycles. The predicted octanol–water partition coefficient (Wildman–Crippen LogP) is 4.64. The highest BCUT2D eigenvalue weighted by Crippen LogP contribution is 2.44. The van der Waals surface area contributed by atoms with Gasteiger partial charge in [0.1, 0.15) is 6.10 Å². The molecule has 3 rings (SSSR count). The van der Waals surface area contributed by atoms with Gasteiger partial charge in [0.25, 0.3) is 0 Å². The molecule has 0 aliphatic heterocycles. The van der Waals surface area contributed by atoms with E-state index < -0.39 is 8.65 Å². The van der Waals surface area contributed by atoms with Crippen molar-refractivity contribution in [3.8, 4) is 0 Å². The van der Waals surface area contributed by atoms with Crippen molar-refractivity contribution >= 4 is 37.5 Å². The lowest BCUT2D eigenvalue weighted by Crippen LogP contribution is -2.38. The monoisotopic (exact) mass is 384 g/mol. The number of pyridine rings is 1. The zero-order valence-electron chi connectivity index (χ0n) is 14.4. The second-order valence-corrected chi connectivity index (χ2v) is 10.2. The summed E-state index contributed by atoms with van der Waals surface area (Å²) in [5.41, 5.74) is 3.07. The van der Waals surface area contributed by atoms with Gasteiger partial charge in [-0.05, 0) is 44.1 Å². The van der Waals surface area contributed by atoms with Gasteiger partial charge < -0.3 is 9.74 Å². The van der Waals surface area contributed by atoms with Gasteiger partial charge in [-0.3, -0.25) is 4.98 Å². The van der Waals surface area contributed by atoms with E-state index in [9.17, 15) is 0 Å². The van der Waals surface area contributed by atoms with Crippen molar-refractivity contribution in [3.05, 3.63) is 28.0 Å². The van der Waals surface area contributed by atoms with Crippen LogP contribution in [0.4, 0.5) is 0 Å². The van der Waals surface area contributed by atoms with Crippen LogP contribution in [0.1, 0.15) is 51.2 Å². The molecule has 3 nitrogen and oxygen atoms in total. The summed E-state index contributed by atoms with van der Waals surface area (Å²) in [4.78, 5) is 4.08. The molecule has 0 aromatic carbocycles. The van der Waals surface area contributed by atoms with Crippen LogP contribution in [0.15, 0.2) is 12.4 Å². The predicted molar refractivity (Wildman–Crippen MR) is 103 cm³/mol. The molecule has 2 fully saturated rings. The molecular formula is C18H26Cl2N2OSi. The van der Waals surface area contributed by atoms with Crippen LogP contribution in [0, 0.1) is 11.8 Å². The van der Waals surface area contributed by atoms with Crippen LogP contribution in [-0.4, -0.2) is 31.9 Å². The molecule has 1 aromatic heterocycles. The van der Waals surface area contributed by atoms with Crippen molar-refractivity contribution < 1.29 is 4.43 Å². The lowest BCUT2D eigenvalue weighted by Gasteiger charge is -2.28. The van der Waals surface area contributed by atoms with Crippen LogP contribution in [0.3, 0.4) is 0 Å². The van der Waals surface area contributed by atoms with Gasteiger partial charge >= 0.3 is 0 Å². The van der Waals surface area contributed by atoms with Crippen molar-refractivity contribution in [2.75, 3.05) is 6.54 Å². The number of hydrogen-bond donors (Lipinski definition) is 1. The third kappa shape index (κ3) is 4.04. The average Bonchev–Trinajstić information content (AvgIpc) is 3.19. The van der Waals surface area contributed by atoms with Gasteiger partial charge in [-0.2, -0.15) is 0 Å². The molecule has 2 aliphatic carbocycles. The molecule has 4 unspecified atom stereocenters. The van der Waals surface area contributed by atoms with E-state index in [1.807, 2.05) is 0 Å². The van der Waals surface area contributed by atoms with Crippen LogP contribution in [0.2, 0.25) is 16.1 Å². The molecule has 1 aromatic rings. The maximum absolute atomic E-state index is 6.42. The van der Waals surface area contributed by atoms with Crippen molar-refractivity contribution in [3.63, 3.8) is 0 Å². The summed E-state index contributed by atoms with van der Waals surface area (Å²) >= 11 is 12.8. The molecule has 4 atom stereocenters. The maximum Gasteiger partial charge on any atom is 0.228 e. The van der Waals surface area contributed by atoms with Crippen molar-refractivity contribution in [1.29, 1.82) is 0 Å². The Morgan fingerprint density at radius 3 is 2.62 bits per heavy atom. The smallest absolute Gasteiger partial charge is 0.228 e. The quantitative estimate of drug-likeness (QED) is 0.695. The van der Waals surface area contributed by atoms with Gasteiger partial charge in [0, 0.05) is 30.5 Å². The van der Waals surface area contributed by atoms with Crippen LogP contribution < -0.4 is 5.32 Å². The van der Waals surface area contributed by atoms with E-state index in [1.54, 1.807) is 12.4 Å². The van der Waals surface area contributed by atoms with Crippen molar-refractivity contribution in [2.24, 2.45) is 11.8 Å². The van der Waals surface area contributed by atoms with Gasteiger partial charge in [-0.1, -0.05) is 42.2 Å². The average molecular weight is 385 g/mol. The Morgan fingerprint density at radius 2 is 2.08 bits per heavy atom. The fourth-order valence-electron chi connectivity index (χ4n) is 4.22. The van der Waals surface area contributed by atoms with Crippen LogP contribution in [0.25, 0.3) is 0 Å². The first kappa shape index (κ1) is 18.4. The first-order valence-corrected chi connectivity index (χ1v) is 11.4. The Morgan fingerprint density at radius 1 is 1.33 bits per heavy atom. The van der Waals surface area contributed by atoms with Gasteiger partial charge in [0.15, 0.2) is 0 Å². The van der Waals surface area contributed by atoms with Crippen molar-refractivity contribution in [2.45, 2.75) is 57.7 Å². The number of rotatable bonds is 7. The van der Waals surface area contributed by atoms with E-state index in [-0.39, 0.29) is 6.10 Å². The van der Waals surface area contributed by atoms with Gasteiger partial charge in [0.05, 0.1) is 10.0 Å². The molecule has 0 spiro atoms. The van der Waals surface area contributed by atoms with Crippen LogP contribution in [0.5, 0.6) is 0 Å². The van der Waals surface area contributed by atoms with E-state index in [1.165, 1.54) is 25.7 Å². The van der Waals surface area contributed by atoms with Crippen LogP contribution >= 0.6 is 23.2 Å². The number of halogens is 2. The van der Waals surface area contributed by atoms with E-state index in [2.05, 4.69) is 29.8 Å². The Hall–Kier alpha value is -0.423. The summed E-state index contributed by atoms with van der Waals surface area (Å²) in [6.45, 7) is 5.01. The fourth-order valence-corrected chi connectivity index (χ4v) is 6.11. The molecule has 132 valence electrons. The lowest BCUT2D eigenvalue weighted by atomic mass is 9.95. The molecule has 1 N–H and O–H groups in total. The zero-order chi connectivity index (χ0) is 17.1. The summed E-state index contributed by atoms with van der Waals surface area (Å²) < 4.78 is 6.42. The first-order valence-electron chi connectivity index (χ1n) is 8.96. The number of aromatic nitrogens is 1. The standard InChI is InChI=1S/C18H26Cl2N2OSi/c1-3-24(4-2)23-17(18-14(19)9-21-10-15(18)20)11-22-16-8-12-5-6-13(16)7-12/h3,9-10,12-13,16-17,22H,4-8,11H2,1-2H3/b24-3-. The lowest BCUT2D eigenvalue weighted by molar-refractivity contribution is 0.195. The maximum atomic E-state index is 6.42. The van der Waals surface area contributed by atoms with Crippen LogP contribution in [-0.2, 0) is 4.43 Å². The summed E-state index contributed by atoms with van der Waals surface area (Å²) in [5.74, 6) is 1.77. The van der Waals surface area contributed by atoms with Crippen molar-refractivity contribution in [1.82, 2.24) is 10.3 Å². The summed E-state index contributed by atoms with van der Waals surface area (Å²) in [5, 5.41) is 4.95. The largest absolute Gasteiger partial charge is 0.543 e. The molecule has 0 amide bonds. The Bertz CT molecular complexity index is 590.